The summed E-state index contributed by atoms with van der Waals surface area (Å²) in [7, 11) is 0. The Balaban J connectivity index is 2.44. The molecule has 26 heavy (non-hydrogen) atoms. The van der Waals surface area contributed by atoms with E-state index in [9.17, 15) is 9.18 Å². The standard InChI is InChI=1S/C21H26FNO3/c1-5-25-19(24)14-16(21(2,3)4)13-15-8-9-18(26-12-10-22)20-17(15)7-6-11-23-20/h6-9,11,14H,5,10,12-13H2,1-4H3/b16-14-. The first kappa shape index (κ1) is 19.9. The van der Waals surface area contributed by atoms with Gasteiger partial charge < -0.3 is 9.47 Å². The maximum atomic E-state index is 12.4. The van der Waals surface area contributed by atoms with Crippen LogP contribution in [0.4, 0.5) is 4.39 Å². The third kappa shape index (κ3) is 5.04. The van der Waals surface area contributed by atoms with Crippen LogP contribution >= 0.6 is 0 Å². The fourth-order valence-corrected chi connectivity index (χ4v) is 2.69. The van der Waals surface area contributed by atoms with Crippen molar-refractivity contribution in [1.82, 2.24) is 4.98 Å². The number of halogens is 1. The number of hydrogen-bond acceptors (Lipinski definition) is 4. The number of rotatable bonds is 7. The molecule has 0 spiro atoms. The average Bonchev–Trinajstić information content (AvgIpc) is 2.59. The van der Waals surface area contributed by atoms with Gasteiger partial charge in [0.2, 0.25) is 0 Å². The first-order chi connectivity index (χ1) is 12.4. The molecule has 0 aliphatic heterocycles. The molecule has 0 aliphatic carbocycles. The highest BCUT2D eigenvalue weighted by atomic mass is 19.1. The maximum Gasteiger partial charge on any atom is 0.330 e. The highest BCUT2D eigenvalue weighted by Crippen LogP contribution is 2.33. The number of nitrogens with zero attached hydrogens (tertiary/aromatic N) is 1. The Hall–Kier alpha value is -2.43. The summed E-state index contributed by atoms with van der Waals surface area (Å²) in [4.78, 5) is 16.4. The van der Waals surface area contributed by atoms with Crippen molar-refractivity contribution in [3.63, 3.8) is 0 Å². The number of hydrogen-bond donors (Lipinski definition) is 0. The van der Waals surface area contributed by atoms with Crippen molar-refractivity contribution < 1.29 is 18.7 Å². The van der Waals surface area contributed by atoms with Crippen LogP contribution in [0.5, 0.6) is 5.75 Å². The zero-order chi connectivity index (χ0) is 19.2. The van der Waals surface area contributed by atoms with E-state index >= 15 is 0 Å². The molecule has 0 saturated carbocycles. The number of aromatic nitrogens is 1. The molecule has 1 aromatic heterocycles. The third-order valence-electron chi connectivity index (χ3n) is 4.08. The van der Waals surface area contributed by atoms with Crippen LogP contribution < -0.4 is 4.74 Å². The number of allylic oxidation sites excluding steroid dienone is 1. The molecule has 0 radical (unpaired) electrons. The van der Waals surface area contributed by atoms with Gasteiger partial charge in [0.25, 0.3) is 0 Å². The fourth-order valence-electron chi connectivity index (χ4n) is 2.69. The van der Waals surface area contributed by atoms with E-state index in [1.54, 1.807) is 19.2 Å². The van der Waals surface area contributed by atoms with Gasteiger partial charge in [0.15, 0.2) is 0 Å². The minimum atomic E-state index is -0.549. The minimum Gasteiger partial charge on any atom is -0.489 e. The lowest BCUT2D eigenvalue weighted by Crippen LogP contribution is -2.15. The van der Waals surface area contributed by atoms with E-state index in [0.717, 1.165) is 16.5 Å². The van der Waals surface area contributed by atoms with Gasteiger partial charge in [0, 0.05) is 17.7 Å². The van der Waals surface area contributed by atoms with Crippen LogP contribution in [0.25, 0.3) is 10.9 Å². The second kappa shape index (κ2) is 8.79. The second-order valence-corrected chi connectivity index (χ2v) is 7.01. The van der Waals surface area contributed by atoms with Crippen LogP contribution in [0.1, 0.15) is 33.3 Å². The average molecular weight is 359 g/mol. The van der Waals surface area contributed by atoms with Crippen LogP contribution in [-0.4, -0.2) is 30.8 Å². The molecule has 2 rings (SSSR count). The van der Waals surface area contributed by atoms with E-state index in [1.807, 2.05) is 24.3 Å². The monoisotopic (exact) mass is 359 g/mol. The summed E-state index contributed by atoms with van der Waals surface area (Å²) < 4.78 is 23.0. The van der Waals surface area contributed by atoms with Gasteiger partial charge in [-0.1, -0.05) is 38.5 Å². The molecule has 0 bridgehead atoms. The van der Waals surface area contributed by atoms with Gasteiger partial charge in [-0.3, -0.25) is 4.98 Å². The minimum absolute atomic E-state index is 0.00102. The summed E-state index contributed by atoms with van der Waals surface area (Å²) >= 11 is 0. The lowest BCUT2D eigenvalue weighted by atomic mass is 9.82. The zero-order valence-electron chi connectivity index (χ0n) is 15.8. The predicted molar refractivity (Wildman–Crippen MR) is 101 cm³/mol. The number of benzene rings is 1. The molecule has 0 amide bonds. The number of alkyl halides is 1. The molecule has 2 aromatic rings. The smallest absolute Gasteiger partial charge is 0.330 e. The van der Waals surface area contributed by atoms with Crippen molar-refractivity contribution in [1.29, 1.82) is 0 Å². The number of carbonyl (C=O) groups excluding carboxylic acids is 1. The molecular formula is C21H26FNO3. The summed E-state index contributed by atoms with van der Waals surface area (Å²) in [5.41, 5.74) is 2.51. The lowest BCUT2D eigenvalue weighted by molar-refractivity contribution is -0.137. The molecule has 0 fully saturated rings. The van der Waals surface area contributed by atoms with E-state index < -0.39 is 6.67 Å². The Morgan fingerprint density at radius 3 is 2.69 bits per heavy atom. The van der Waals surface area contributed by atoms with Crippen molar-refractivity contribution >= 4 is 16.9 Å². The summed E-state index contributed by atoms with van der Waals surface area (Å²) in [5.74, 6) is 0.233. The highest BCUT2D eigenvalue weighted by Gasteiger charge is 2.20. The molecule has 140 valence electrons. The molecule has 0 atom stereocenters. The van der Waals surface area contributed by atoms with Gasteiger partial charge in [0.1, 0.15) is 24.5 Å². The number of fused-ring (bicyclic) bond motifs is 1. The first-order valence-electron chi connectivity index (χ1n) is 8.80. The Kier molecular flexibility index (Phi) is 6.72. The largest absolute Gasteiger partial charge is 0.489 e. The Bertz CT molecular complexity index is 793. The predicted octanol–water partition coefficient (Wildman–Crippen LogP) is 4.66. The zero-order valence-corrected chi connectivity index (χ0v) is 15.8. The van der Waals surface area contributed by atoms with Gasteiger partial charge >= 0.3 is 5.97 Å². The molecular weight excluding hydrogens is 333 g/mol. The van der Waals surface area contributed by atoms with Crippen LogP contribution in [0.15, 0.2) is 42.1 Å². The van der Waals surface area contributed by atoms with Crippen LogP contribution in [0, 0.1) is 5.41 Å². The van der Waals surface area contributed by atoms with Gasteiger partial charge in [-0.05, 0) is 36.5 Å². The third-order valence-corrected chi connectivity index (χ3v) is 4.08. The quantitative estimate of drug-likeness (QED) is 0.533. The summed E-state index contributed by atoms with van der Waals surface area (Å²) in [5, 5.41) is 0.933. The van der Waals surface area contributed by atoms with Crippen LogP contribution in [-0.2, 0) is 16.0 Å². The van der Waals surface area contributed by atoms with Gasteiger partial charge in [-0.15, -0.1) is 0 Å². The Morgan fingerprint density at radius 1 is 1.27 bits per heavy atom. The molecule has 0 aliphatic rings. The van der Waals surface area contributed by atoms with Gasteiger partial charge in [-0.25, -0.2) is 9.18 Å². The molecule has 0 N–H and O–H groups in total. The SMILES string of the molecule is CCOC(=O)/C=C(/Cc1ccc(OCCF)c2ncccc12)C(C)(C)C. The van der Waals surface area contributed by atoms with Crippen LogP contribution in [0.3, 0.4) is 0 Å². The molecule has 5 heteroatoms. The van der Waals surface area contributed by atoms with Crippen molar-refractivity contribution in [2.75, 3.05) is 19.9 Å². The summed E-state index contributed by atoms with van der Waals surface area (Å²) in [6.45, 7) is 7.79. The maximum absolute atomic E-state index is 12.4. The van der Waals surface area contributed by atoms with Crippen molar-refractivity contribution in [3.05, 3.63) is 47.7 Å². The highest BCUT2D eigenvalue weighted by molar-refractivity contribution is 5.88. The normalized spacial score (nSPS) is 12.3. The van der Waals surface area contributed by atoms with E-state index in [2.05, 4.69) is 25.8 Å². The van der Waals surface area contributed by atoms with E-state index in [4.69, 9.17) is 9.47 Å². The fraction of sp³-hybridized carbons (Fsp3) is 0.429. The van der Waals surface area contributed by atoms with Crippen molar-refractivity contribution in [2.24, 2.45) is 5.41 Å². The van der Waals surface area contributed by atoms with Crippen molar-refractivity contribution in [2.45, 2.75) is 34.1 Å². The molecule has 0 unspecified atom stereocenters. The van der Waals surface area contributed by atoms with E-state index in [1.165, 1.54) is 0 Å². The first-order valence-corrected chi connectivity index (χ1v) is 8.80. The lowest BCUT2D eigenvalue weighted by Gasteiger charge is -2.24. The number of carbonyl (C=O) groups is 1. The number of esters is 1. The van der Waals surface area contributed by atoms with E-state index in [0.29, 0.717) is 24.3 Å². The second-order valence-electron chi connectivity index (χ2n) is 7.01. The van der Waals surface area contributed by atoms with Crippen LogP contribution in [0.2, 0.25) is 0 Å². The topological polar surface area (TPSA) is 48.4 Å². The van der Waals surface area contributed by atoms with Gasteiger partial charge in [-0.2, -0.15) is 0 Å². The van der Waals surface area contributed by atoms with Crippen molar-refractivity contribution in [3.8, 4) is 5.75 Å². The molecule has 1 aromatic carbocycles. The summed E-state index contributed by atoms with van der Waals surface area (Å²) in [6.07, 6.45) is 3.86. The molecule has 0 saturated heterocycles. The summed E-state index contributed by atoms with van der Waals surface area (Å²) in [6, 6.07) is 7.58. The van der Waals surface area contributed by atoms with Gasteiger partial charge in [0.05, 0.1) is 6.61 Å². The Labute approximate surface area is 154 Å². The van der Waals surface area contributed by atoms with E-state index in [-0.39, 0.29) is 18.0 Å². The molecule has 4 nitrogen and oxygen atoms in total. The number of ether oxygens (including phenoxy) is 2. The Morgan fingerprint density at radius 2 is 2.04 bits per heavy atom. The molecule has 1 heterocycles. The number of pyridine rings is 1.